The molecule has 0 saturated heterocycles. The third-order valence-electron chi connectivity index (χ3n) is 3.25. The highest BCUT2D eigenvalue weighted by atomic mass is 16.5. The normalized spacial score (nSPS) is 12.0. The fourth-order valence-corrected chi connectivity index (χ4v) is 1.91. The van der Waals surface area contributed by atoms with Crippen molar-refractivity contribution in [3.05, 3.63) is 11.7 Å². The molecule has 98 valence electrons. The lowest BCUT2D eigenvalue weighted by atomic mass is 9.96. The summed E-state index contributed by atoms with van der Waals surface area (Å²) < 4.78 is 10.8. The number of hydrogen-bond donors (Lipinski definition) is 1. The molecule has 0 aromatic carbocycles. The summed E-state index contributed by atoms with van der Waals surface area (Å²) in [6.07, 6.45) is 4.42. The highest BCUT2D eigenvalue weighted by Crippen LogP contribution is 2.30. The summed E-state index contributed by atoms with van der Waals surface area (Å²) in [5, 5.41) is 4.04. The van der Waals surface area contributed by atoms with Crippen LogP contribution in [-0.2, 0) is 16.8 Å². The van der Waals surface area contributed by atoms with Crippen molar-refractivity contribution in [3.8, 4) is 0 Å². The van der Waals surface area contributed by atoms with Crippen LogP contribution in [0, 0.1) is 0 Å². The molecule has 1 rings (SSSR count). The van der Waals surface area contributed by atoms with Crippen molar-refractivity contribution in [2.75, 3.05) is 13.7 Å². The molecule has 1 aromatic heterocycles. The predicted molar refractivity (Wildman–Crippen MR) is 65.6 cm³/mol. The molecule has 0 amide bonds. The van der Waals surface area contributed by atoms with E-state index in [1.165, 1.54) is 0 Å². The first-order valence-electron chi connectivity index (χ1n) is 6.30. The van der Waals surface area contributed by atoms with Gasteiger partial charge in [-0.25, -0.2) is 0 Å². The van der Waals surface area contributed by atoms with E-state index < -0.39 is 5.60 Å². The van der Waals surface area contributed by atoms with E-state index in [-0.39, 0.29) is 0 Å². The molecule has 0 fully saturated rings. The van der Waals surface area contributed by atoms with Gasteiger partial charge in [-0.05, 0) is 32.2 Å². The minimum absolute atomic E-state index is 0.407. The summed E-state index contributed by atoms with van der Waals surface area (Å²) in [7, 11) is 1.69. The van der Waals surface area contributed by atoms with Crippen molar-refractivity contribution in [1.82, 2.24) is 10.1 Å². The molecule has 0 aliphatic heterocycles. The Labute approximate surface area is 103 Å². The lowest BCUT2D eigenvalue weighted by Gasteiger charge is -2.25. The number of nitrogens with zero attached hydrogens (tertiary/aromatic N) is 2. The maximum atomic E-state index is 5.56. The molecule has 0 bridgehead atoms. The molecule has 0 atom stereocenters. The molecule has 2 N–H and O–H groups in total. The van der Waals surface area contributed by atoms with E-state index in [2.05, 4.69) is 24.0 Å². The molecule has 0 saturated carbocycles. The number of aryl methyl sites for hydroxylation is 1. The fourth-order valence-electron chi connectivity index (χ4n) is 1.91. The van der Waals surface area contributed by atoms with E-state index >= 15 is 0 Å². The minimum Gasteiger partial charge on any atom is -0.370 e. The van der Waals surface area contributed by atoms with Crippen LogP contribution in [-0.4, -0.2) is 23.8 Å². The summed E-state index contributed by atoms with van der Waals surface area (Å²) in [5.41, 5.74) is 5.04. The Bertz CT molecular complexity index is 313. The average molecular weight is 241 g/mol. The monoisotopic (exact) mass is 241 g/mol. The standard InChI is InChI=1S/C12H23N3O2/c1-4-12(5-2,16-3)11-14-10(17-15-11)8-6-7-9-13/h4-9,13H2,1-3H3. The molecular weight excluding hydrogens is 218 g/mol. The van der Waals surface area contributed by atoms with Gasteiger partial charge >= 0.3 is 0 Å². The smallest absolute Gasteiger partial charge is 0.226 e. The number of nitrogens with two attached hydrogens (primary N) is 1. The van der Waals surface area contributed by atoms with Crippen molar-refractivity contribution in [1.29, 1.82) is 0 Å². The molecule has 0 aliphatic carbocycles. The SMILES string of the molecule is CCC(CC)(OC)c1noc(CCCCN)n1. The molecule has 1 heterocycles. The van der Waals surface area contributed by atoms with Crippen molar-refractivity contribution in [2.45, 2.75) is 51.6 Å². The zero-order valence-electron chi connectivity index (χ0n) is 11.0. The van der Waals surface area contributed by atoms with E-state index in [4.69, 9.17) is 15.0 Å². The fraction of sp³-hybridized carbons (Fsp3) is 0.833. The number of ether oxygens (including phenoxy) is 1. The molecule has 5 heteroatoms. The molecule has 0 spiro atoms. The second-order valence-corrected chi connectivity index (χ2v) is 4.16. The number of aromatic nitrogens is 2. The number of rotatable bonds is 8. The van der Waals surface area contributed by atoms with Crippen LogP contribution >= 0.6 is 0 Å². The van der Waals surface area contributed by atoms with E-state index in [1.54, 1.807) is 7.11 Å². The molecule has 5 nitrogen and oxygen atoms in total. The predicted octanol–water partition coefficient (Wildman–Crippen LogP) is 2.01. The van der Waals surface area contributed by atoms with E-state index in [0.29, 0.717) is 18.3 Å². The van der Waals surface area contributed by atoms with Gasteiger partial charge in [0.15, 0.2) is 0 Å². The number of unbranched alkanes of at least 4 members (excludes halogenated alkanes) is 1. The Hall–Kier alpha value is -0.940. The van der Waals surface area contributed by atoms with Crippen molar-refractivity contribution < 1.29 is 9.26 Å². The van der Waals surface area contributed by atoms with Gasteiger partial charge < -0.3 is 15.0 Å². The van der Waals surface area contributed by atoms with Crippen LogP contribution in [0.25, 0.3) is 0 Å². The van der Waals surface area contributed by atoms with E-state index in [1.807, 2.05) is 0 Å². The zero-order valence-corrected chi connectivity index (χ0v) is 11.0. The maximum Gasteiger partial charge on any atom is 0.226 e. The van der Waals surface area contributed by atoms with Gasteiger partial charge in [0.05, 0.1) is 0 Å². The van der Waals surface area contributed by atoms with Crippen LogP contribution in [0.2, 0.25) is 0 Å². The van der Waals surface area contributed by atoms with Gasteiger partial charge in [0.1, 0.15) is 5.60 Å². The highest BCUT2D eigenvalue weighted by molar-refractivity contribution is 5.00. The second-order valence-electron chi connectivity index (χ2n) is 4.16. The number of methoxy groups -OCH3 is 1. The maximum absolute atomic E-state index is 5.56. The number of hydrogen-bond acceptors (Lipinski definition) is 5. The summed E-state index contributed by atoms with van der Waals surface area (Å²) >= 11 is 0. The van der Waals surface area contributed by atoms with Crippen LogP contribution in [0.5, 0.6) is 0 Å². The topological polar surface area (TPSA) is 74.2 Å². The summed E-state index contributed by atoms with van der Waals surface area (Å²) in [5.74, 6) is 1.34. The Morgan fingerprint density at radius 3 is 2.53 bits per heavy atom. The highest BCUT2D eigenvalue weighted by Gasteiger charge is 2.33. The van der Waals surface area contributed by atoms with Crippen LogP contribution < -0.4 is 5.73 Å². The van der Waals surface area contributed by atoms with Crippen molar-refractivity contribution >= 4 is 0 Å². The Kier molecular flexibility index (Phi) is 5.58. The van der Waals surface area contributed by atoms with E-state index in [0.717, 1.165) is 32.1 Å². The molecule has 0 aliphatic rings. The molecule has 17 heavy (non-hydrogen) atoms. The van der Waals surface area contributed by atoms with Crippen LogP contribution in [0.15, 0.2) is 4.52 Å². The van der Waals surface area contributed by atoms with Gasteiger partial charge in [-0.2, -0.15) is 4.98 Å². The second kappa shape index (κ2) is 6.71. The first-order chi connectivity index (χ1) is 8.22. The lowest BCUT2D eigenvalue weighted by Crippen LogP contribution is -2.28. The first-order valence-corrected chi connectivity index (χ1v) is 6.30. The van der Waals surface area contributed by atoms with Gasteiger partial charge in [0.25, 0.3) is 0 Å². The van der Waals surface area contributed by atoms with Crippen LogP contribution in [0.3, 0.4) is 0 Å². The molecule has 1 aromatic rings. The zero-order chi connectivity index (χ0) is 12.7. The quantitative estimate of drug-likeness (QED) is 0.705. The van der Waals surface area contributed by atoms with Crippen LogP contribution in [0.4, 0.5) is 0 Å². The Balaban J connectivity index is 2.71. The summed E-state index contributed by atoms with van der Waals surface area (Å²) in [6.45, 7) is 4.84. The Morgan fingerprint density at radius 2 is 2.00 bits per heavy atom. The molecule has 0 radical (unpaired) electrons. The summed E-state index contributed by atoms with van der Waals surface area (Å²) in [6, 6.07) is 0. The van der Waals surface area contributed by atoms with Crippen molar-refractivity contribution in [2.24, 2.45) is 5.73 Å². The summed E-state index contributed by atoms with van der Waals surface area (Å²) in [4.78, 5) is 4.42. The van der Waals surface area contributed by atoms with Gasteiger partial charge in [0.2, 0.25) is 11.7 Å². The van der Waals surface area contributed by atoms with Gasteiger partial charge in [-0.15, -0.1) is 0 Å². The van der Waals surface area contributed by atoms with Gasteiger partial charge in [-0.1, -0.05) is 19.0 Å². The third-order valence-corrected chi connectivity index (χ3v) is 3.25. The van der Waals surface area contributed by atoms with Crippen molar-refractivity contribution in [3.63, 3.8) is 0 Å². The largest absolute Gasteiger partial charge is 0.370 e. The van der Waals surface area contributed by atoms with Gasteiger partial charge in [-0.3, -0.25) is 0 Å². The van der Waals surface area contributed by atoms with Gasteiger partial charge in [0, 0.05) is 13.5 Å². The molecule has 0 unspecified atom stereocenters. The van der Waals surface area contributed by atoms with Crippen LogP contribution in [0.1, 0.15) is 51.2 Å². The first kappa shape index (κ1) is 14.1. The Morgan fingerprint density at radius 1 is 1.29 bits per heavy atom. The van der Waals surface area contributed by atoms with E-state index in [9.17, 15) is 0 Å². The molecular formula is C12H23N3O2. The third kappa shape index (κ3) is 3.26. The average Bonchev–Trinajstić information content (AvgIpc) is 2.82. The lowest BCUT2D eigenvalue weighted by molar-refractivity contribution is -0.0306. The minimum atomic E-state index is -0.407.